The molecule has 2 heterocycles. The van der Waals surface area contributed by atoms with Crippen LogP contribution in [0.15, 0.2) is 54.9 Å². The Morgan fingerprint density at radius 2 is 1.88 bits per heavy atom. The van der Waals surface area contributed by atoms with Crippen LogP contribution in [0.5, 0.6) is 5.75 Å². The van der Waals surface area contributed by atoms with E-state index in [9.17, 15) is 5.11 Å². The van der Waals surface area contributed by atoms with E-state index >= 15 is 0 Å². The summed E-state index contributed by atoms with van der Waals surface area (Å²) >= 11 is 0. The molecule has 0 spiro atoms. The minimum Gasteiger partial charge on any atom is -0.508 e. The number of benzene rings is 1. The summed E-state index contributed by atoms with van der Waals surface area (Å²) in [4.78, 5) is 13.1. The third-order valence-electron chi connectivity index (χ3n) is 3.44. The first-order chi connectivity index (χ1) is 12.2. The van der Waals surface area contributed by atoms with Gasteiger partial charge in [-0.15, -0.1) is 0 Å². The molecule has 25 heavy (non-hydrogen) atoms. The third-order valence-corrected chi connectivity index (χ3v) is 3.44. The van der Waals surface area contributed by atoms with E-state index in [0.29, 0.717) is 24.7 Å². The zero-order chi connectivity index (χ0) is 17.5. The van der Waals surface area contributed by atoms with Crippen LogP contribution in [0.3, 0.4) is 0 Å². The van der Waals surface area contributed by atoms with Gasteiger partial charge in [-0.3, -0.25) is 4.98 Å². The lowest BCUT2D eigenvalue weighted by atomic mass is 10.2. The Morgan fingerprint density at radius 1 is 1.04 bits per heavy atom. The van der Waals surface area contributed by atoms with E-state index in [2.05, 4.69) is 25.6 Å². The van der Waals surface area contributed by atoms with Crippen LogP contribution in [0, 0.1) is 0 Å². The topological polar surface area (TPSA) is 103 Å². The van der Waals surface area contributed by atoms with Gasteiger partial charge in [0.1, 0.15) is 11.6 Å². The van der Waals surface area contributed by atoms with Crippen LogP contribution in [0.1, 0.15) is 6.42 Å². The number of hydrogen-bond donors (Lipinski definition) is 4. The van der Waals surface area contributed by atoms with Gasteiger partial charge in [0.15, 0.2) is 0 Å². The molecule has 0 radical (unpaired) electrons. The lowest BCUT2D eigenvalue weighted by Crippen LogP contribution is -2.08. The van der Waals surface area contributed by atoms with Gasteiger partial charge in [-0.2, -0.15) is 4.98 Å². The second-order valence-corrected chi connectivity index (χ2v) is 5.38. The van der Waals surface area contributed by atoms with Crippen molar-refractivity contribution < 1.29 is 10.2 Å². The molecule has 0 amide bonds. The Morgan fingerprint density at radius 3 is 2.60 bits per heavy atom. The summed E-state index contributed by atoms with van der Waals surface area (Å²) in [5.41, 5.74) is 2.41. The van der Waals surface area contributed by atoms with Crippen LogP contribution >= 0.6 is 0 Å². The van der Waals surface area contributed by atoms with Crippen LogP contribution in [-0.4, -0.2) is 38.3 Å². The number of aromatic nitrogens is 3. The van der Waals surface area contributed by atoms with Crippen LogP contribution in [0.2, 0.25) is 0 Å². The number of aromatic hydroxyl groups is 1. The number of aliphatic hydroxyl groups excluding tert-OH is 1. The number of pyridine rings is 1. The van der Waals surface area contributed by atoms with Gasteiger partial charge in [-0.1, -0.05) is 0 Å². The highest BCUT2D eigenvalue weighted by molar-refractivity contribution is 5.67. The molecular weight excluding hydrogens is 318 g/mol. The highest BCUT2D eigenvalue weighted by Crippen LogP contribution is 2.24. The maximum absolute atomic E-state index is 9.39. The number of rotatable bonds is 7. The van der Waals surface area contributed by atoms with Crippen molar-refractivity contribution in [2.75, 3.05) is 23.8 Å². The van der Waals surface area contributed by atoms with Crippen molar-refractivity contribution >= 4 is 17.5 Å². The number of anilines is 3. The summed E-state index contributed by atoms with van der Waals surface area (Å²) < 4.78 is 0. The van der Waals surface area contributed by atoms with Crippen molar-refractivity contribution in [1.29, 1.82) is 0 Å². The Balaban J connectivity index is 1.89. The van der Waals surface area contributed by atoms with Gasteiger partial charge in [0.25, 0.3) is 0 Å². The zero-order valence-electron chi connectivity index (χ0n) is 13.6. The summed E-state index contributed by atoms with van der Waals surface area (Å²) in [5.74, 6) is 1.29. The highest BCUT2D eigenvalue weighted by atomic mass is 16.3. The van der Waals surface area contributed by atoms with Gasteiger partial charge in [0.2, 0.25) is 5.95 Å². The Labute approximate surface area is 145 Å². The first-order valence-electron chi connectivity index (χ1n) is 7.95. The van der Waals surface area contributed by atoms with Crippen molar-refractivity contribution in [3.8, 4) is 17.0 Å². The number of phenolic OH excluding ortho intramolecular Hbond substituents is 1. The van der Waals surface area contributed by atoms with Crippen molar-refractivity contribution in [1.82, 2.24) is 15.0 Å². The minimum absolute atomic E-state index is 0.105. The Bertz CT molecular complexity index is 809. The lowest BCUT2D eigenvalue weighted by molar-refractivity contribution is 0.292. The predicted octanol–water partition coefficient (Wildman–Crippen LogP) is 2.78. The predicted molar refractivity (Wildman–Crippen MR) is 96.8 cm³/mol. The maximum atomic E-state index is 9.39. The van der Waals surface area contributed by atoms with E-state index in [1.807, 2.05) is 18.2 Å². The molecule has 0 aliphatic heterocycles. The monoisotopic (exact) mass is 337 g/mol. The second kappa shape index (κ2) is 8.07. The first-order valence-corrected chi connectivity index (χ1v) is 7.95. The molecular formula is C18H19N5O2. The largest absolute Gasteiger partial charge is 0.508 e. The molecule has 128 valence electrons. The van der Waals surface area contributed by atoms with Crippen molar-refractivity contribution in [3.63, 3.8) is 0 Å². The van der Waals surface area contributed by atoms with Crippen molar-refractivity contribution in [2.24, 2.45) is 0 Å². The summed E-state index contributed by atoms with van der Waals surface area (Å²) in [6.07, 6.45) is 4.06. The quantitative estimate of drug-likeness (QED) is 0.388. The Kier molecular flexibility index (Phi) is 5.38. The molecule has 3 aromatic rings. The molecule has 7 heteroatoms. The highest BCUT2D eigenvalue weighted by Gasteiger charge is 2.07. The van der Waals surface area contributed by atoms with Gasteiger partial charge in [-0.25, -0.2) is 4.98 Å². The molecule has 0 aliphatic carbocycles. The average Bonchev–Trinajstić information content (AvgIpc) is 2.64. The fourth-order valence-electron chi connectivity index (χ4n) is 2.22. The summed E-state index contributed by atoms with van der Waals surface area (Å²) in [5, 5.41) is 24.6. The van der Waals surface area contributed by atoms with Crippen LogP contribution in [-0.2, 0) is 0 Å². The van der Waals surface area contributed by atoms with Gasteiger partial charge in [0, 0.05) is 42.9 Å². The number of nitrogens with zero attached hydrogens (tertiary/aromatic N) is 3. The van der Waals surface area contributed by atoms with E-state index in [0.717, 1.165) is 16.9 Å². The second-order valence-electron chi connectivity index (χ2n) is 5.38. The standard InChI is InChI=1S/C18H19N5O2/c24-10-2-9-20-18-22-16(13-3-1-8-19-12-13)11-17(23-18)21-14-4-6-15(25)7-5-14/h1,3-8,11-12,24-25H,2,9-10H2,(H2,20,21,22,23). The smallest absolute Gasteiger partial charge is 0.225 e. The number of nitrogens with one attached hydrogen (secondary N) is 2. The molecule has 0 saturated carbocycles. The molecule has 0 saturated heterocycles. The number of phenols is 1. The molecule has 0 unspecified atom stereocenters. The third kappa shape index (κ3) is 4.65. The summed E-state index contributed by atoms with van der Waals surface area (Å²) in [6.45, 7) is 0.680. The van der Waals surface area contributed by atoms with E-state index < -0.39 is 0 Å². The van der Waals surface area contributed by atoms with Crippen LogP contribution < -0.4 is 10.6 Å². The van der Waals surface area contributed by atoms with E-state index in [1.165, 1.54) is 0 Å². The van der Waals surface area contributed by atoms with E-state index in [4.69, 9.17) is 5.11 Å². The Hall–Kier alpha value is -3.19. The van der Waals surface area contributed by atoms with E-state index in [-0.39, 0.29) is 12.4 Å². The van der Waals surface area contributed by atoms with Gasteiger partial charge in [0.05, 0.1) is 5.69 Å². The van der Waals surface area contributed by atoms with Gasteiger partial charge < -0.3 is 20.8 Å². The molecule has 0 fully saturated rings. The molecule has 1 aromatic carbocycles. The number of aliphatic hydroxyl groups is 1. The lowest BCUT2D eigenvalue weighted by Gasteiger charge is -2.11. The molecule has 7 nitrogen and oxygen atoms in total. The van der Waals surface area contributed by atoms with E-state index in [1.54, 1.807) is 36.7 Å². The summed E-state index contributed by atoms with van der Waals surface area (Å²) in [6, 6.07) is 12.3. The van der Waals surface area contributed by atoms with Crippen LogP contribution in [0.25, 0.3) is 11.3 Å². The average molecular weight is 337 g/mol. The normalized spacial score (nSPS) is 10.4. The molecule has 0 atom stereocenters. The molecule has 3 rings (SSSR count). The van der Waals surface area contributed by atoms with Crippen molar-refractivity contribution in [2.45, 2.75) is 6.42 Å². The van der Waals surface area contributed by atoms with Gasteiger partial charge in [-0.05, 0) is 42.8 Å². The van der Waals surface area contributed by atoms with Crippen molar-refractivity contribution in [3.05, 3.63) is 54.9 Å². The molecule has 0 bridgehead atoms. The maximum Gasteiger partial charge on any atom is 0.225 e. The minimum atomic E-state index is 0.105. The first kappa shape index (κ1) is 16.7. The molecule has 0 aliphatic rings. The SMILES string of the molecule is OCCCNc1nc(Nc2ccc(O)cc2)cc(-c2cccnc2)n1. The van der Waals surface area contributed by atoms with Crippen LogP contribution in [0.4, 0.5) is 17.5 Å². The fourth-order valence-corrected chi connectivity index (χ4v) is 2.22. The number of hydrogen-bond acceptors (Lipinski definition) is 7. The zero-order valence-corrected chi connectivity index (χ0v) is 13.6. The summed E-state index contributed by atoms with van der Waals surface area (Å²) in [7, 11) is 0. The fraction of sp³-hybridized carbons (Fsp3) is 0.167. The molecule has 2 aromatic heterocycles. The molecule has 4 N–H and O–H groups in total. The van der Waals surface area contributed by atoms with Gasteiger partial charge >= 0.3 is 0 Å².